The molecule has 0 aliphatic rings. The largest absolute Gasteiger partial charge is 0.325 e. The summed E-state index contributed by atoms with van der Waals surface area (Å²) in [6, 6.07) is 8.72. The topological polar surface area (TPSA) is 121 Å². The maximum Gasteiger partial charge on any atom is 0.319 e. The first-order chi connectivity index (χ1) is 10.3. The van der Waals surface area contributed by atoms with Gasteiger partial charge in [0.1, 0.15) is 0 Å². The fraction of sp³-hybridized carbons (Fsp3) is 0.500. The molecule has 6 nitrogen and oxygen atoms in total. The molecule has 0 aliphatic heterocycles. The summed E-state index contributed by atoms with van der Waals surface area (Å²) in [5, 5.41) is 0. The van der Waals surface area contributed by atoms with E-state index in [0.717, 1.165) is 0 Å². The van der Waals surface area contributed by atoms with Crippen LogP contribution in [0.1, 0.15) is 38.2 Å². The van der Waals surface area contributed by atoms with Gasteiger partial charge in [-0.25, -0.2) is 0 Å². The molecule has 0 aliphatic carbocycles. The zero-order chi connectivity index (χ0) is 18.5. The Kier molecular flexibility index (Phi) is 16.1. The molecule has 0 spiro atoms. The van der Waals surface area contributed by atoms with Crippen LogP contribution in [0.15, 0.2) is 24.3 Å². The second-order valence-electron chi connectivity index (χ2n) is 4.44. The number of benzene rings is 1. The van der Waals surface area contributed by atoms with Crippen LogP contribution >= 0.6 is 13.4 Å². The summed E-state index contributed by atoms with van der Waals surface area (Å²) in [4.78, 5) is 45.3. The van der Waals surface area contributed by atoms with E-state index in [1.165, 1.54) is 41.6 Å². The Labute approximate surface area is 158 Å². The summed E-state index contributed by atoms with van der Waals surface area (Å²) in [5.74, 6) is 0. The normalized spacial score (nSPS) is 10.9. The SMILES string of the molecule is CCCCCCc1cccc[c]1[Mo].OP(O)(O)=S.OP(O)(O)=S. The zero-order valence-electron chi connectivity index (χ0n) is 12.6. The van der Waals surface area contributed by atoms with E-state index in [-0.39, 0.29) is 0 Å². The van der Waals surface area contributed by atoms with Gasteiger partial charge in [-0.3, -0.25) is 0 Å². The van der Waals surface area contributed by atoms with Gasteiger partial charge in [-0.1, -0.05) is 0 Å². The summed E-state index contributed by atoms with van der Waals surface area (Å²) in [6.07, 6.45) is 6.70. The molecule has 1 aromatic rings. The predicted molar refractivity (Wildman–Crippen MR) is 95.8 cm³/mol. The van der Waals surface area contributed by atoms with Crippen LogP contribution in [0.5, 0.6) is 0 Å². The number of aryl methyl sites for hydroxylation is 1. The van der Waals surface area contributed by atoms with Crippen molar-refractivity contribution >= 4 is 41.0 Å². The summed E-state index contributed by atoms with van der Waals surface area (Å²) in [6.45, 7) is -5.35. The third-order valence-corrected chi connectivity index (χ3v) is 3.25. The molecule has 0 radical (unpaired) electrons. The molecule has 0 heterocycles. The Balaban J connectivity index is 0. The number of hydrogen-bond acceptors (Lipinski definition) is 2. The zero-order valence-corrected chi connectivity index (χ0v) is 18.1. The average Bonchev–Trinajstić information content (AvgIpc) is 2.32. The molecule has 0 amide bonds. The minimum absolute atomic E-state index is 1.26. The molecule has 0 atom stereocenters. The van der Waals surface area contributed by atoms with Crippen LogP contribution in [0.3, 0.4) is 0 Å². The second-order valence-corrected chi connectivity index (χ2v) is 10.5. The van der Waals surface area contributed by atoms with Gasteiger partial charge in [0, 0.05) is 0 Å². The second kappa shape index (κ2) is 14.2. The molecule has 0 saturated carbocycles. The van der Waals surface area contributed by atoms with E-state index in [0.29, 0.717) is 0 Å². The fourth-order valence-corrected chi connectivity index (χ4v) is 2.06. The number of unbranched alkanes of at least 4 members (excludes halogenated alkanes) is 3. The van der Waals surface area contributed by atoms with E-state index < -0.39 is 13.4 Å². The maximum absolute atomic E-state index is 7.56. The van der Waals surface area contributed by atoms with Crippen LogP contribution in [0, 0.1) is 0 Å². The quantitative estimate of drug-likeness (QED) is 0.210. The molecule has 1 rings (SSSR count). The van der Waals surface area contributed by atoms with Crippen molar-refractivity contribution in [3.8, 4) is 0 Å². The van der Waals surface area contributed by atoms with Crippen LogP contribution in [0.2, 0.25) is 0 Å². The molecule has 135 valence electrons. The van der Waals surface area contributed by atoms with E-state index in [9.17, 15) is 0 Å². The smallest absolute Gasteiger partial charge is 0.319 e. The average molecular weight is 485 g/mol. The minimum Gasteiger partial charge on any atom is -0.325 e. The van der Waals surface area contributed by atoms with E-state index in [1.54, 1.807) is 0 Å². The summed E-state index contributed by atoms with van der Waals surface area (Å²) in [5.41, 5.74) is 1.53. The first-order valence-electron chi connectivity index (χ1n) is 6.66. The number of hydrogen-bond donors (Lipinski definition) is 6. The Morgan fingerprint density at radius 3 is 1.70 bits per heavy atom. The van der Waals surface area contributed by atoms with E-state index in [1.807, 2.05) is 0 Å². The predicted octanol–water partition coefficient (Wildman–Crippen LogP) is 1.36. The molecule has 0 fully saturated rings. The Morgan fingerprint density at radius 2 is 1.30 bits per heavy atom. The van der Waals surface area contributed by atoms with Crippen molar-refractivity contribution in [1.29, 1.82) is 0 Å². The Morgan fingerprint density at radius 1 is 0.870 bits per heavy atom. The van der Waals surface area contributed by atoms with Crippen molar-refractivity contribution in [2.75, 3.05) is 0 Å². The molecule has 0 unspecified atom stereocenters. The van der Waals surface area contributed by atoms with Crippen LogP contribution in [-0.2, 0) is 49.8 Å². The maximum atomic E-state index is 7.56. The van der Waals surface area contributed by atoms with Gasteiger partial charge in [0.05, 0.1) is 0 Å². The standard InChI is InChI=1S/C12H17.Mo.2H3O3PS/c1-2-3-4-6-9-12-10-7-5-8-11-12;;2*1-4(2,3)5/h5,7-8,10H,2-4,6,9H2,1H3;;2*(H3,1,2,3,5). The van der Waals surface area contributed by atoms with Gasteiger partial charge in [-0.15, -0.1) is 0 Å². The molecule has 23 heavy (non-hydrogen) atoms. The van der Waals surface area contributed by atoms with Crippen molar-refractivity contribution in [2.45, 2.75) is 39.0 Å². The van der Waals surface area contributed by atoms with Gasteiger partial charge in [0.15, 0.2) is 0 Å². The summed E-state index contributed by atoms with van der Waals surface area (Å²) >= 11 is 9.34. The number of rotatable bonds is 5. The van der Waals surface area contributed by atoms with Gasteiger partial charge >= 0.3 is 106 Å². The van der Waals surface area contributed by atoms with Crippen molar-refractivity contribution in [2.24, 2.45) is 0 Å². The third-order valence-electron chi connectivity index (χ3n) is 2.27. The molecule has 0 bridgehead atoms. The monoisotopic (exact) mass is 487 g/mol. The van der Waals surface area contributed by atoms with Crippen molar-refractivity contribution < 1.29 is 49.2 Å². The minimum atomic E-state index is -3.81. The van der Waals surface area contributed by atoms with Crippen LogP contribution in [-0.4, -0.2) is 29.4 Å². The van der Waals surface area contributed by atoms with Gasteiger partial charge < -0.3 is 29.4 Å². The van der Waals surface area contributed by atoms with Crippen LogP contribution in [0.4, 0.5) is 0 Å². The van der Waals surface area contributed by atoms with Gasteiger partial charge in [0.2, 0.25) is 0 Å². The fourth-order valence-electron chi connectivity index (χ4n) is 1.45. The van der Waals surface area contributed by atoms with Crippen LogP contribution < -0.4 is 3.95 Å². The summed E-state index contributed by atoms with van der Waals surface area (Å²) < 4.78 is 1.45. The van der Waals surface area contributed by atoms with E-state index in [2.05, 4.69) is 74.6 Å². The van der Waals surface area contributed by atoms with Crippen molar-refractivity contribution in [3.63, 3.8) is 0 Å². The molecular weight excluding hydrogens is 462 g/mol. The van der Waals surface area contributed by atoms with Gasteiger partial charge in [-0.05, 0) is 23.6 Å². The van der Waals surface area contributed by atoms with Gasteiger partial charge in [-0.2, -0.15) is 0 Å². The molecule has 0 saturated heterocycles. The molecular formula is C12H23MoO6P2S2. The first kappa shape index (κ1) is 26.2. The molecule has 0 aromatic heterocycles. The first-order valence-corrected chi connectivity index (χ1v) is 13.0. The van der Waals surface area contributed by atoms with E-state index >= 15 is 0 Å². The summed E-state index contributed by atoms with van der Waals surface area (Å²) in [7, 11) is 0. The third kappa shape index (κ3) is 31.3. The Bertz CT molecular complexity index is 483. The molecule has 6 N–H and O–H groups in total. The molecule has 1 aromatic carbocycles. The van der Waals surface area contributed by atoms with Crippen LogP contribution in [0.25, 0.3) is 0 Å². The molecule has 11 heteroatoms. The van der Waals surface area contributed by atoms with E-state index in [4.69, 9.17) is 29.4 Å². The van der Waals surface area contributed by atoms with Gasteiger partial charge in [0.25, 0.3) is 0 Å². The van der Waals surface area contributed by atoms with Crippen molar-refractivity contribution in [1.82, 2.24) is 0 Å². The Hall–Kier alpha value is 0.968. The van der Waals surface area contributed by atoms with Crippen molar-refractivity contribution in [3.05, 3.63) is 29.8 Å².